The first-order valence-corrected chi connectivity index (χ1v) is 6.74. The van der Waals surface area contributed by atoms with Crippen molar-refractivity contribution in [1.29, 1.82) is 0 Å². The molecule has 1 aliphatic carbocycles. The third-order valence-corrected chi connectivity index (χ3v) is 4.11. The van der Waals surface area contributed by atoms with Crippen LogP contribution in [-0.4, -0.2) is 15.4 Å². The smallest absolute Gasteiger partial charge is 0.276 e. The maximum absolute atomic E-state index is 5.43. The second-order valence-corrected chi connectivity index (χ2v) is 6.07. The van der Waals surface area contributed by atoms with Crippen LogP contribution in [0.1, 0.15) is 39.0 Å². The van der Waals surface area contributed by atoms with Crippen LogP contribution >= 0.6 is 11.8 Å². The van der Waals surface area contributed by atoms with Gasteiger partial charge in [0, 0.05) is 5.25 Å². The molecule has 4 nitrogen and oxygen atoms in total. The van der Waals surface area contributed by atoms with E-state index in [0.717, 1.165) is 11.8 Å². The Morgan fingerprint density at radius 3 is 2.50 bits per heavy atom. The van der Waals surface area contributed by atoms with Crippen LogP contribution in [0.3, 0.4) is 0 Å². The van der Waals surface area contributed by atoms with Gasteiger partial charge in [-0.05, 0) is 31.1 Å². The van der Waals surface area contributed by atoms with Crippen molar-refractivity contribution in [3.8, 4) is 0 Å². The summed E-state index contributed by atoms with van der Waals surface area (Å²) in [6.07, 6.45) is 3.83. The molecule has 2 rings (SSSR count). The SMILES string of the molecule is CC1CC(C)CC(Sc2nnc(CN)o2)C1. The Morgan fingerprint density at radius 2 is 1.94 bits per heavy atom. The molecule has 0 aliphatic heterocycles. The monoisotopic (exact) mass is 241 g/mol. The zero-order valence-electron chi connectivity index (χ0n) is 9.85. The van der Waals surface area contributed by atoms with Gasteiger partial charge >= 0.3 is 0 Å². The van der Waals surface area contributed by atoms with E-state index in [2.05, 4.69) is 24.0 Å². The van der Waals surface area contributed by atoms with E-state index in [1.165, 1.54) is 19.3 Å². The Morgan fingerprint density at radius 1 is 1.25 bits per heavy atom. The van der Waals surface area contributed by atoms with Gasteiger partial charge in [0.25, 0.3) is 5.22 Å². The van der Waals surface area contributed by atoms with Crippen LogP contribution in [-0.2, 0) is 6.54 Å². The zero-order valence-corrected chi connectivity index (χ0v) is 10.7. The van der Waals surface area contributed by atoms with Crippen molar-refractivity contribution in [2.75, 3.05) is 0 Å². The van der Waals surface area contributed by atoms with E-state index in [1.807, 2.05) is 0 Å². The molecular weight excluding hydrogens is 222 g/mol. The van der Waals surface area contributed by atoms with Crippen LogP contribution in [0.25, 0.3) is 0 Å². The van der Waals surface area contributed by atoms with Crippen molar-refractivity contribution >= 4 is 11.8 Å². The summed E-state index contributed by atoms with van der Waals surface area (Å²) < 4.78 is 5.42. The van der Waals surface area contributed by atoms with E-state index in [4.69, 9.17) is 10.2 Å². The lowest BCUT2D eigenvalue weighted by Gasteiger charge is -2.29. The number of aromatic nitrogens is 2. The minimum atomic E-state index is 0.324. The van der Waals surface area contributed by atoms with Crippen molar-refractivity contribution in [3.63, 3.8) is 0 Å². The predicted octanol–water partition coefficient (Wildman–Crippen LogP) is 2.45. The van der Waals surface area contributed by atoms with Gasteiger partial charge in [-0.3, -0.25) is 0 Å². The van der Waals surface area contributed by atoms with E-state index >= 15 is 0 Å². The molecule has 1 aliphatic rings. The van der Waals surface area contributed by atoms with Crippen LogP contribution in [0.4, 0.5) is 0 Å². The van der Waals surface area contributed by atoms with Gasteiger partial charge < -0.3 is 10.2 Å². The number of nitrogens with zero attached hydrogens (tertiary/aromatic N) is 2. The average Bonchev–Trinajstić information content (AvgIpc) is 2.64. The first-order chi connectivity index (χ1) is 7.67. The molecule has 2 unspecified atom stereocenters. The quantitative estimate of drug-likeness (QED) is 0.880. The molecule has 1 aromatic heterocycles. The van der Waals surface area contributed by atoms with E-state index in [9.17, 15) is 0 Å². The fourth-order valence-electron chi connectivity index (χ4n) is 2.48. The zero-order chi connectivity index (χ0) is 11.5. The van der Waals surface area contributed by atoms with Gasteiger partial charge in [-0.25, -0.2) is 0 Å². The molecule has 2 atom stereocenters. The Balaban J connectivity index is 1.93. The summed E-state index contributed by atoms with van der Waals surface area (Å²) in [5.41, 5.74) is 5.43. The molecule has 1 fully saturated rings. The highest BCUT2D eigenvalue weighted by atomic mass is 32.2. The van der Waals surface area contributed by atoms with Gasteiger partial charge in [0.05, 0.1) is 6.54 Å². The Kier molecular flexibility index (Phi) is 3.86. The van der Waals surface area contributed by atoms with Crippen molar-refractivity contribution in [3.05, 3.63) is 5.89 Å². The second kappa shape index (κ2) is 5.19. The fraction of sp³-hybridized carbons (Fsp3) is 0.818. The molecule has 0 spiro atoms. The van der Waals surface area contributed by atoms with Crippen LogP contribution < -0.4 is 5.73 Å². The summed E-state index contributed by atoms with van der Waals surface area (Å²) in [6.45, 7) is 4.97. The molecule has 5 heteroatoms. The molecule has 16 heavy (non-hydrogen) atoms. The van der Waals surface area contributed by atoms with Gasteiger partial charge in [-0.15, -0.1) is 10.2 Å². The van der Waals surface area contributed by atoms with Crippen LogP contribution in [0.15, 0.2) is 9.64 Å². The topological polar surface area (TPSA) is 64.9 Å². The molecular formula is C11H19N3OS. The van der Waals surface area contributed by atoms with Gasteiger partial charge in [0.1, 0.15) is 0 Å². The summed E-state index contributed by atoms with van der Waals surface area (Å²) >= 11 is 1.71. The van der Waals surface area contributed by atoms with Crippen molar-refractivity contribution in [1.82, 2.24) is 10.2 Å². The molecule has 1 heterocycles. The third kappa shape index (κ3) is 2.98. The summed E-state index contributed by atoms with van der Waals surface area (Å²) in [6, 6.07) is 0. The maximum atomic E-state index is 5.43. The normalized spacial score (nSPS) is 30.6. The molecule has 0 saturated heterocycles. The maximum Gasteiger partial charge on any atom is 0.276 e. The molecule has 0 amide bonds. The standard InChI is InChI=1S/C11H19N3OS/c1-7-3-8(2)5-9(4-7)16-11-14-13-10(6-12)15-11/h7-9H,3-6,12H2,1-2H3. The largest absolute Gasteiger partial charge is 0.415 e. The number of thioether (sulfide) groups is 1. The Labute approximate surface area is 100 Å². The number of rotatable bonds is 3. The van der Waals surface area contributed by atoms with Crippen LogP contribution in [0.2, 0.25) is 0 Å². The molecule has 0 aromatic carbocycles. The molecule has 90 valence electrons. The van der Waals surface area contributed by atoms with Crippen molar-refractivity contribution in [2.24, 2.45) is 17.6 Å². The van der Waals surface area contributed by atoms with E-state index in [1.54, 1.807) is 11.8 Å². The van der Waals surface area contributed by atoms with Gasteiger partial charge in [0.15, 0.2) is 0 Å². The van der Waals surface area contributed by atoms with E-state index < -0.39 is 0 Å². The van der Waals surface area contributed by atoms with Crippen LogP contribution in [0.5, 0.6) is 0 Å². The average molecular weight is 241 g/mol. The third-order valence-electron chi connectivity index (χ3n) is 3.03. The molecule has 1 saturated carbocycles. The molecule has 1 aromatic rings. The number of nitrogens with two attached hydrogens (primary N) is 1. The predicted molar refractivity (Wildman–Crippen MR) is 64.0 cm³/mol. The Hall–Kier alpha value is -0.550. The van der Waals surface area contributed by atoms with E-state index in [0.29, 0.717) is 22.9 Å². The first-order valence-electron chi connectivity index (χ1n) is 5.86. The lowest BCUT2D eigenvalue weighted by atomic mass is 9.83. The minimum Gasteiger partial charge on any atom is -0.415 e. The second-order valence-electron chi connectivity index (χ2n) is 4.82. The number of hydrogen-bond donors (Lipinski definition) is 1. The fourth-order valence-corrected chi connectivity index (χ4v) is 3.85. The lowest BCUT2D eigenvalue weighted by Crippen LogP contribution is -2.21. The molecule has 2 N–H and O–H groups in total. The van der Waals surface area contributed by atoms with Crippen molar-refractivity contribution < 1.29 is 4.42 Å². The summed E-state index contributed by atoms with van der Waals surface area (Å²) in [5, 5.41) is 9.16. The minimum absolute atomic E-state index is 0.324. The Bertz CT molecular complexity index is 332. The summed E-state index contributed by atoms with van der Waals surface area (Å²) in [4.78, 5) is 0. The van der Waals surface area contributed by atoms with Gasteiger partial charge in [0.2, 0.25) is 5.89 Å². The first kappa shape index (κ1) is 11.9. The highest BCUT2D eigenvalue weighted by Gasteiger charge is 2.26. The summed E-state index contributed by atoms with van der Waals surface area (Å²) in [7, 11) is 0. The summed E-state index contributed by atoms with van der Waals surface area (Å²) in [5.74, 6) is 2.13. The highest BCUT2D eigenvalue weighted by molar-refractivity contribution is 7.99. The van der Waals surface area contributed by atoms with Crippen LogP contribution in [0, 0.1) is 11.8 Å². The lowest BCUT2D eigenvalue weighted by molar-refractivity contribution is 0.307. The van der Waals surface area contributed by atoms with Gasteiger partial charge in [-0.1, -0.05) is 25.6 Å². The molecule has 0 bridgehead atoms. The van der Waals surface area contributed by atoms with Gasteiger partial charge in [-0.2, -0.15) is 0 Å². The molecule has 0 radical (unpaired) electrons. The van der Waals surface area contributed by atoms with Crippen molar-refractivity contribution in [2.45, 2.75) is 50.1 Å². The number of hydrogen-bond acceptors (Lipinski definition) is 5. The highest BCUT2D eigenvalue weighted by Crippen LogP contribution is 2.38. The van der Waals surface area contributed by atoms with E-state index in [-0.39, 0.29) is 0 Å².